The molecule has 0 radical (unpaired) electrons. The number of nitrogens with zero attached hydrogens (tertiary/aromatic N) is 2. The highest BCUT2D eigenvalue weighted by atomic mass is 16.5. The molecular weight excluding hydrogens is 262 g/mol. The first-order valence-electron chi connectivity index (χ1n) is 6.78. The topological polar surface area (TPSA) is 57.4 Å². The van der Waals surface area contributed by atoms with E-state index in [-0.39, 0.29) is 0 Å². The zero-order valence-electron chi connectivity index (χ0n) is 11.7. The SMILES string of the molecule is N#CCCNN=Cc1ccc(OCc2ccccc2)cc1. The number of hydrogen-bond donors (Lipinski definition) is 1. The van der Waals surface area contributed by atoms with Gasteiger partial charge in [0.1, 0.15) is 12.4 Å². The summed E-state index contributed by atoms with van der Waals surface area (Å²) >= 11 is 0. The fourth-order valence-electron chi connectivity index (χ4n) is 1.69. The highest BCUT2D eigenvalue weighted by molar-refractivity contribution is 5.79. The zero-order valence-corrected chi connectivity index (χ0v) is 11.7. The molecule has 4 nitrogen and oxygen atoms in total. The second-order valence-electron chi connectivity index (χ2n) is 4.42. The van der Waals surface area contributed by atoms with Crippen LogP contribution in [0.3, 0.4) is 0 Å². The van der Waals surface area contributed by atoms with Gasteiger partial charge in [-0.15, -0.1) is 0 Å². The Morgan fingerprint density at radius 1 is 1.10 bits per heavy atom. The van der Waals surface area contributed by atoms with Gasteiger partial charge in [0.2, 0.25) is 0 Å². The van der Waals surface area contributed by atoms with E-state index in [0.717, 1.165) is 16.9 Å². The zero-order chi connectivity index (χ0) is 14.8. The fraction of sp³-hybridized carbons (Fsp3) is 0.176. The van der Waals surface area contributed by atoms with Crippen LogP contribution in [0.4, 0.5) is 0 Å². The highest BCUT2D eigenvalue weighted by Gasteiger charge is 1.95. The molecule has 0 bridgehead atoms. The average molecular weight is 279 g/mol. The lowest BCUT2D eigenvalue weighted by molar-refractivity contribution is 0.306. The van der Waals surface area contributed by atoms with Gasteiger partial charge in [0, 0.05) is 6.54 Å². The predicted octanol–water partition coefficient (Wildman–Crippen LogP) is 3.10. The second-order valence-corrected chi connectivity index (χ2v) is 4.42. The molecule has 0 spiro atoms. The Labute approximate surface area is 124 Å². The van der Waals surface area contributed by atoms with Crippen molar-refractivity contribution >= 4 is 6.21 Å². The van der Waals surface area contributed by atoms with Crippen LogP contribution in [-0.2, 0) is 6.61 Å². The van der Waals surface area contributed by atoms with Crippen LogP contribution in [-0.4, -0.2) is 12.8 Å². The number of hydrogen-bond acceptors (Lipinski definition) is 4. The summed E-state index contributed by atoms with van der Waals surface area (Å²) in [5.74, 6) is 0.827. The Bertz CT molecular complexity index is 600. The Hall–Kier alpha value is -2.80. The molecule has 21 heavy (non-hydrogen) atoms. The van der Waals surface area contributed by atoms with Crippen LogP contribution in [0.5, 0.6) is 5.75 Å². The monoisotopic (exact) mass is 279 g/mol. The predicted molar refractivity (Wildman–Crippen MR) is 83.0 cm³/mol. The third kappa shape index (κ3) is 5.37. The van der Waals surface area contributed by atoms with Crippen molar-refractivity contribution in [1.82, 2.24) is 5.43 Å². The van der Waals surface area contributed by atoms with Gasteiger partial charge in [0.05, 0.1) is 18.7 Å². The molecule has 2 aromatic rings. The smallest absolute Gasteiger partial charge is 0.119 e. The summed E-state index contributed by atoms with van der Waals surface area (Å²) < 4.78 is 5.71. The number of ether oxygens (including phenoxy) is 1. The first-order valence-corrected chi connectivity index (χ1v) is 6.78. The van der Waals surface area contributed by atoms with Crippen molar-refractivity contribution in [2.75, 3.05) is 6.54 Å². The molecule has 0 aliphatic rings. The summed E-state index contributed by atoms with van der Waals surface area (Å²) in [5.41, 5.74) is 4.93. The molecule has 0 aromatic heterocycles. The van der Waals surface area contributed by atoms with E-state index in [1.807, 2.05) is 60.7 Å². The lowest BCUT2D eigenvalue weighted by Crippen LogP contribution is -2.06. The Morgan fingerprint density at radius 2 is 1.86 bits per heavy atom. The molecule has 4 heteroatoms. The quantitative estimate of drug-likeness (QED) is 0.481. The van der Waals surface area contributed by atoms with Crippen molar-refractivity contribution < 1.29 is 4.74 Å². The van der Waals surface area contributed by atoms with Gasteiger partial charge in [-0.25, -0.2) is 0 Å². The van der Waals surface area contributed by atoms with Gasteiger partial charge in [-0.2, -0.15) is 10.4 Å². The van der Waals surface area contributed by atoms with Gasteiger partial charge in [0.15, 0.2) is 0 Å². The standard InChI is InChI=1S/C17H17N3O/c18-11-4-12-19-20-13-15-7-9-17(10-8-15)21-14-16-5-2-1-3-6-16/h1-3,5-10,13,19H,4,12,14H2. The molecular formula is C17H17N3O. The first-order chi connectivity index (χ1) is 10.4. The molecule has 0 saturated heterocycles. The van der Waals surface area contributed by atoms with E-state index in [4.69, 9.17) is 10.00 Å². The van der Waals surface area contributed by atoms with Gasteiger partial charge in [0.25, 0.3) is 0 Å². The summed E-state index contributed by atoms with van der Waals surface area (Å²) in [6.07, 6.45) is 2.17. The summed E-state index contributed by atoms with van der Waals surface area (Å²) in [6.45, 7) is 1.12. The first kappa shape index (κ1) is 14.6. The number of hydrazone groups is 1. The van der Waals surface area contributed by atoms with E-state index in [0.29, 0.717) is 19.6 Å². The van der Waals surface area contributed by atoms with Crippen LogP contribution < -0.4 is 10.2 Å². The van der Waals surface area contributed by atoms with Crippen LogP contribution >= 0.6 is 0 Å². The van der Waals surface area contributed by atoms with Crippen molar-refractivity contribution in [2.24, 2.45) is 5.10 Å². The van der Waals surface area contributed by atoms with Gasteiger partial charge in [-0.05, 0) is 35.4 Å². The molecule has 1 N–H and O–H groups in total. The maximum absolute atomic E-state index is 8.39. The van der Waals surface area contributed by atoms with E-state index in [1.54, 1.807) is 6.21 Å². The molecule has 0 aliphatic heterocycles. The molecule has 2 aromatic carbocycles. The summed E-state index contributed by atoms with van der Waals surface area (Å²) in [5, 5.41) is 12.4. The largest absolute Gasteiger partial charge is 0.489 e. The third-order valence-electron chi connectivity index (χ3n) is 2.78. The maximum Gasteiger partial charge on any atom is 0.119 e. The number of rotatable bonds is 7. The molecule has 0 saturated carbocycles. The average Bonchev–Trinajstić information content (AvgIpc) is 2.55. The van der Waals surface area contributed by atoms with E-state index in [1.165, 1.54) is 0 Å². The van der Waals surface area contributed by atoms with Crippen LogP contribution in [0.25, 0.3) is 0 Å². The minimum atomic E-state index is 0.448. The Morgan fingerprint density at radius 3 is 2.57 bits per heavy atom. The number of nitrogens with one attached hydrogen (secondary N) is 1. The van der Waals surface area contributed by atoms with Crippen LogP contribution in [0, 0.1) is 11.3 Å². The summed E-state index contributed by atoms with van der Waals surface area (Å²) in [4.78, 5) is 0. The normalized spacial score (nSPS) is 10.2. The van der Waals surface area contributed by atoms with Crippen molar-refractivity contribution in [3.63, 3.8) is 0 Å². The van der Waals surface area contributed by atoms with Gasteiger partial charge in [-0.3, -0.25) is 0 Å². The van der Waals surface area contributed by atoms with Crippen molar-refractivity contribution in [2.45, 2.75) is 13.0 Å². The molecule has 0 aliphatic carbocycles. The fourth-order valence-corrected chi connectivity index (χ4v) is 1.69. The maximum atomic E-state index is 8.39. The Kier molecular flexibility index (Phi) is 5.83. The minimum Gasteiger partial charge on any atom is -0.489 e. The van der Waals surface area contributed by atoms with Crippen LogP contribution in [0.15, 0.2) is 59.7 Å². The highest BCUT2D eigenvalue weighted by Crippen LogP contribution is 2.13. The third-order valence-corrected chi connectivity index (χ3v) is 2.78. The van der Waals surface area contributed by atoms with Crippen LogP contribution in [0.1, 0.15) is 17.5 Å². The van der Waals surface area contributed by atoms with Crippen molar-refractivity contribution in [3.8, 4) is 11.8 Å². The van der Waals surface area contributed by atoms with Gasteiger partial charge < -0.3 is 10.2 Å². The lowest BCUT2D eigenvalue weighted by Gasteiger charge is -2.06. The molecule has 0 fully saturated rings. The molecule has 0 heterocycles. The van der Waals surface area contributed by atoms with Crippen molar-refractivity contribution in [1.29, 1.82) is 5.26 Å². The minimum absolute atomic E-state index is 0.448. The number of benzene rings is 2. The van der Waals surface area contributed by atoms with Gasteiger partial charge in [-0.1, -0.05) is 30.3 Å². The van der Waals surface area contributed by atoms with E-state index < -0.39 is 0 Å². The molecule has 106 valence electrons. The summed E-state index contributed by atoms with van der Waals surface area (Å²) in [7, 11) is 0. The Balaban J connectivity index is 1.80. The van der Waals surface area contributed by atoms with E-state index in [2.05, 4.69) is 10.5 Å². The lowest BCUT2D eigenvalue weighted by atomic mass is 10.2. The number of nitriles is 1. The molecule has 0 atom stereocenters. The molecule has 2 rings (SSSR count). The summed E-state index contributed by atoms with van der Waals surface area (Å²) in [6, 6.07) is 19.8. The van der Waals surface area contributed by atoms with E-state index in [9.17, 15) is 0 Å². The molecule has 0 unspecified atom stereocenters. The molecule has 0 amide bonds. The van der Waals surface area contributed by atoms with Crippen molar-refractivity contribution in [3.05, 3.63) is 65.7 Å². The van der Waals surface area contributed by atoms with E-state index >= 15 is 0 Å². The second kappa shape index (κ2) is 8.39. The van der Waals surface area contributed by atoms with Crippen LogP contribution in [0.2, 0.25) is 0 Å². The van der Waals surface area contributed by atoms with Gasteiger partial charge >= 0.3 is 0 Å².